The monoisotopic (exact) mass is 440 g/mol. The first-order valence-electron chi connectivity index (χ1n) is 10.5. The first kappa shape index (κ1) is 23.3. The topological polar surface area (TPSA) is 96.4 Å². The van der Waals surface area contributed by atoms with Crippen LogP contribution in [0.2, 0.25) is 0 Å². The van der Waals surface area contributed by atoms with Crippen LogP contribution in [0.3, 0.4) is 0 Å². The normalized spacial score (nSPS) is 15.5. The van der Waals surface area contributed by atoms with Gasteiger partial charge in [-0.2, -0.15) is 0 Å². The first-order chi connectivity index (χ1) is 15.5. The predicted molar refractivity (Wildman–Crippen MR) is 117 cm³/mol. The fraction of sp³-hybridized carbons (Fsp3) is 0.375. The van der Waals surface area contributed by atoms with Gasteiger partial charge in [-0.3, -0.25) is 14.5 Å². The standard InChI is InChI=1S/C24H28N2O6/c1-25(24(30)32-17-19-10-6-3-7-11-19)21(22(27)26-12-14-31-15-13-26)20(23(28)29)16-18-8-4-2-5-9-18/h2-11,20-21H,12-17H2,1H3,(H,28,29). The van der Waals surface area contributed by atoms with Crippen molar-refractivity contribution in [3.63, 3.8) is 0 Å². The Morgan fingerprint density at radius 1 is 1.00 bits per heavy atom. The Morgan fingerprint density at radius 3 is 2.12 bits per heavy atom. The van der Waals surface area contributed by atoms with Crippen LogP contribution in [0, 0.1) is 5.92 Å². The fourth-order valence-electron chi connectivity index (χ4n) is 3.72. The van der Waals surface area contributed by atoms with Crippen LogP contribution < -0.4 is 0 Å². The Bertz CT molecular complexity index is 899. The van der Waals surface area contributed by atoms with Gasteiger partial charge in [0.05, 0.1) is 19.1 Å². The van der Waals surface area contributed by atoms with Gasteiger partial charge in [0, 0.05) is 20.1 Å². The molecule has 32 heavy (non-hydrogen) atoms. The van der Waals surface area contributed by atoms with Gasteiger partial charge in [-0.15, -0.1) is 0 Å². The Morgan fingerprint density at radius 2 is 1.56 bits per heavy atom. The molecule has 1 aliphatic heterocycles. The lowest BCUT2D eigenvalue weighted by molar-refractivity contribution is -0.152. The summed E-state index contributed by atoms with van der Waals surface area (Å²) in [5, 5.41) is 10.0. The molecule has 2 aromatic rings. The third-order valence-electron chi connectivity index (χ3n) is 5.48. The summed E-state index contributed by atoms with van der Waals surface area (Å²) in [4.78, 5) is 41.2. The molecule has 1 saturated heterocycles. The number of morpholine rings is 1. The molecule has 1 heterocycles. The zero-order chi connectivity index (χ0) is 22.9. The maximum Gasteiger partial charge on any atom is 0.410 e. The molecule has 0 bridgehead atoms. The van der Waals surface area contributed by atoms with E-state index >= 15 is 0 Å². The minimum absolute atomic E-state index is 0.0267. The number of nitrogens with zero attached hydrogens (tertiary/aromatic N) is 2. The van der Waals surface area contributed by atoms with E-state index in [0.717, 1.165) is 16.0 Å². The molecule has 2 atom stereocenters. The van der Waals surface area contributed by atoms with E-state index in [1.54, 1.807) is 17.0 Å². The summed E-state index contributed by atoms with van der Waals surface area (Å²) in [6.07, 6.45) is -0.646. The highest BCUT2D eigenvalue weighted by atomic mass is 16.6. The SMILES string of the molecule is CN(C(=O)OCc1ccccc1)C(C(=O)N1CCOCC1)C(Cc1ccccc1)C(=O)O. The van der Waals surface area contributed by atoms with Crippen molar-refractivity contribution in [2.75, 3.05) is 33.4 Å². The van der Waals surface area contributed by atoms with Gasteiger partial charge in [0.25, 0.3) is 0 Å². The maximum atomic E-state index is 13.4. The fourth-order valence-corrected chi connectivity index (χ4v) is 3.72. The van der Waals surface area contributed by atoms with Crippen LogP contribution in [0.4, 0.5) is 4.79 Å². The summed E-state index contributed by atoms with van der Waals surface area (Å²) in [7, 11) is 1.41. The number of hydrogen-bond donors (Lipinski definition) is 1. The van der Waals surface area contributed by atoms with Gasteiger partial charge in [0.2, 0.25) is 5.91 Å². The molecule has 1 aliphatic rings. The van der Waals surface area contributed by atoms with Crippen molar-refractivity contribution in [1.82, 2.24) is 9.80 Å². The Kier molecular flexibility index (Phi) is 8.21. The van der Waals surface area contributed by atoms with Crippen LogP contribution in [0.25, 0.3) is 0 Å². The van der Waals surface area contributed by atoms with E-state index in [1.807, 2.05) is 48.5 Å². The van der Waals surface area contributed by atoms with E-state index in [9.17, 15) is 19.5 Å². The van der Waals surface area contributed by atoms with E-state index in [0.29, 0.717) is 26.3 Å². The van der Waals surface area contributed by atoms with Crippen molar-refractivity contribution in [2.45, 2.75) is 19.1 Å². The average molecular weight is 440 g/mol. The number of ether oxygens (including phenoxy) is 2. The van der Waals surface area contributed by atoms with Crippen LogP contribution in [0.15, 0.2) is 60.7 Å². The molecule has 2 aromatic carbocycles. The number of carbonyl (C=O) groups is 3. The molecular formula is C24H28N2O6. The van der Waals surface area contributed by atoms with Crippen molar-refractivity contribution in [3.05, 3.63) is 71.8 Å². The van der Waals surface area contributed by atoms with E-state index < -0.39 is 29.9 Å². The highest BCUT2D eigenvalue weighted by Gasteiger charge is 2.41. The maximum absolute atomic E-state index is 13.4. The largest absolute Gasteiger partial charge is 0.481 e. The van der Waals surface area contributed by atoms with Gasteiger partial charge in [0.1, 0.15) is 12.6 Å². The third-order valence-corrected chi connectivity index (χ3v) is 5.48. The molecule has 2 amide bonds. The zero-order valence-electron chi connectivity index (χ0n) is 18.1. The van der Waals surface area contributed by atoms with E-state index in [2.05, 4.69) is 0 Å². The molecule has 0 saturated carbocycles. The summed E-state index contributed by atoms with van der Waals surface area (Å²) in [5.74, 6) is -2.71. The second kappa shape index (κ2) is 11.3. The molecule has 1 N–H and O–H groups in total. The van der Waals surface area contributed by atoms with E-state index in [-0.39, 0.29) is 13.0 Å². The number of carbonyl (C=O) groups excluding carboxylic acids is 2. The highest BCUT2D eigenvalue weighted by molar-refractivity contribution is 5.90. The van der Waals surface area contributed by atoms with Gasteiger partial charge in [-0.1, -0.05) is 60.7 Å². The minimum atomic E-state index is -1.21. The molecule has 170 valence electrons. The quantitative estimate of drug-likeness (QED) is 0.677. The Labute approximate surface area is 187 Å². The van der Waals surface area contributed by atoms with Crippen molar-refractivity contribution in [1.29, 1.82) is 0 Å². The van der Waals surface area contributed by atoms with Crippen LogP contribution in [0.1, 0.15) is 11.1 Å². The van der Waals surface area contributed by atoms with Crippen LogP contribution in [-0.4, -0.2) is 72.3 Å². The van der Waals surface area contributed by atoms with Gasteiger partial charge in [-0.25, -0.2) is 4.79 Å². The first-order valence-corrected chi connectivity index (χ1v) is 10.5. The van der Waals surface area contributed by atoms with Gasteiger partial charge in [0.15, 0.2) is 0 Å². The molecular weight excluding hydrogens is 412 g/mol. The highest BCUT2D eigenvalue weighted by Crippen LogP contribution is 2.21. The molecule has 0 radical (unpaired) electrons. The van der Waals surface area contributed by atoms with E-state index in [4.69, 9.17) is 9.47 Å². The van der Waals surface area contributed by atoms with Crippen molar-refractivity contribution < 1.29 is 29.0 Å². The summed E-state index contributed by atoms with van der Waals surface area (Å²) in [6, 6.07) is 17.0. The van der Waals surface area contributed by atoms with Crippen LogP contribution in [0.5, 0.6) is 0 Å². The lowest BCUT2D eigenvalue weighted by atomic mass is 9.90. The number of rotatable bonds is 8. The summed E-state index contributed by atoms with van der Waals surface area (Å²) in [5.41, 5.74) is 1.56. The molecule has 0 aliphatic carbocycles. The van der Waals surface area contributed by atoms with E-state index in [1.165, 1.54) is 7.05 Å². The average Bonchev–Trinajstić information content (AvgIpc) is 2.83. The molecule has 8 heteroatoms. The lowest BCUT2D eigenvalue weighted by Gasteiger charge is -2.36. The number of benzene rings is 2. The lowest BCUT2D eigenvalue weighted by Crippen LogP contribution is -2.57. The van der Waals surface area contributed by atoms with Gasteiger partial charge in [-0.05, 0) is 17.5 Å². The van der Waals surface area contributed by atoms with Gasteiger partial charge < -0.3 is 19.5 Å². The Hall–Kier alpha value is -3.39. The number of likely N-dealkylation sites (N-methyl/N-ethyl adjacent to an activating group) is 1. The summed E-state index contributed by atoms with van der Waals surface area (Å²) in [6.45, 7) is 1.47. The molecule has 0 aromatic heterocycles. The number of hydrogen-bond acceptors (Lipinski definition) is 5. The minimum Gasteiger partial charge on any atom is -0.481 e. The molecule has 1 fully saturated rings. The zero-order valence-corrected chi connectivity index (χ0v) is 18.1. The predicted octanol–water partition coefficient (Wildman–Crippen LogP) is 2.43. The van der Waals surface area contributed by atoms with Crippen molar-refractivity contribution in [3.8, 4) is 0 Å². The molecule has 8 nitrogen and oxygen atoms in total. The smallest absolute Gasteiger partial charge is 0.410 e. The number of carboxylic acid groups (broad SMARTS) is 1. The third kappa shape index (κ3) is 6.07. The summed E-state index contributed by atoms with van der Waals surface area (Å²) < 4.78 is 10.7. The Balaban J connectivity index is 1.83. The molecule has 0 spiro atoms. The summed E-state index contributed by atoms with van der Waals surface area (Å²) >= 11 is 0. The molecule has 2 unspecified atom stereocenters. The number of amides is 2. The number of aliphatic carboxylic acids is 1. The van der Waals surface area contributed by atoms with Crippen molar-refractivity contribution >= 4 is 18.0 Å². The van der Waals surface area contributed by atoms with Gasteiger partial charge >= 0.3 is 12.1 Å². The molecule has 3 rings (SSSR count). The van der Waals surface area contributed by atoms with Crippen LogP contribution >= 0.6 is 0 Å². The van der Waals surface area contributed by atoms with Crippen LogP contribution in [-0.2, 0) is 32.1 Å². The number of carboxylic acids is 1. The second-order valence-corrected chi connectivity index (χ2v) is 7.67. The second-order valence-electron chi connectivity index (χ2n) is 7.67. The van der Waals surface area contributed by atoms with Crippen molar-refractivity contribution in [2.24, 2.45) is 5.92 Å².